The van der Waals surface area contributed by atoms with Crippen LogP contribution in [0.15, 0.2) is 4.21 Å². The number of nitrogens with two attached hydrogens (primary N) is 2. The number of nitrogens with one attached hydrogen (secondary N) is 1. The van der Waals surface area contributed by atoms with Crippen LogP contribution in [0.3, 0.4) is 0 Å². The van der Waals surface area contributed by atoms with Gasteiger partial charge in [-0.05, 0) is 19.8 Å². The number of carbonyl (C=O) groups is 2. The molecule has 1 saturated carbocycles. The van der Waals surface area contributed by atoms with Gasteiger partial charge in [0, 0.05) is 0 Å². The number of amides is 2. The van der Waals surface area contributed by atoms with Crippen molar-refractivity contribution in [3.63, 3.8) is 0 Å². The molecule has 2 amide bonds. The predicted molar refractivity (Wildman–Crippen MR) is 92.7 cm³/mol. The minimum atomic E-state index is -0.779. The molecule has 0 spiro atoms. The molecule has 1 fully saturated rings. The van der Waals surface area contributed by atoms with Gasteiger partial charge in [0.05, 0.1) is 21.2 Å². The van der Waals surface area contributed by atoms with Crippen LogP contribution in [-0.4, -0.2) is 28.1 Å². The number of hydrogen-bond donors (Lipinski definition) is 3. The molecule has 0 saturated heterocycles. The number of carbonyl (C=O) groups excluding carboxylic acids is 2. The molecule has 5 N–H and O–H groups in total. The topological polar surface area (TPSA) is 111 Å². The summed E-state index contributed by atoms with van der Waals surface area (Å²) < 4.78 is 0.888. The number of halogens is 1. The minimum absolute atomic E-state index is 0. The molecule has 1 aromatic heterocycles. The fourth-order valence-corrected chi connectivity index (χ4v) is 4.21. The molecule has 1 aromatic rings. The first-order chi connectivity index (χ1) is 9.90. The van der Waals surface area contributed by atoms with Gasteiger partial charge in [0.15, 0.2) is 5.13 Å². The van der Waals surface area contributed by atoms with E-state index in [-0.39, 0.29) is 30.0 Å². The Kier molecular flexibility index (Phi) is 7.11. The van der Waals surface area contributed by atoms with E-state index in [2.05, 4.69) is 10.3 Å². The molecule has 0 aromatic carbocycles. The van der Waals surface area contributed by atoms with Crippen LogP contribution < -0.4 is 16.8 Å². The number of nitrogens with zero attached hydrogens (tertiary/aromatic N) is 1. The Morgan fingerprint density at radius 3 is 2.59 bits per heavy atom. The highest BCUT2D eigenvalue weighted by Crippen LogP contribution is 2.33. The molecule has 1 aliphatic carbocycles. The van der Waals surface area contributed by atoms with Gasteiger partial charge in [-0.15, -0.1) is 24.2 Å². The number of hydrogen-bond acceptors (Lipinski definition) is 6. The number of aromatic nitrogens is 1. The molecule has 1 heterocycles. The molecule has 0 unspecified atom stereocenters. The molecule has 0 radical (unpaired) electrons. The summed E-state index contributed by atoms with van der Waals surface area (Å²) >= 11 is 2.69. The lowest BCUT2D eigenvalue weighted by Gasteiger charge is -2.31. The number of rotatable bonds is 5. The first-order valence-corrected chi connectivity index (χ1v) is 8.70. The number of thioether (sulfide) groups is 1. The van der Waals surface area contributed by atoms with E-state index < -0.39 is 5.54 Å². The Hall–Kier alpha value is -0.830. The molecule has 0 aliphatic heterocycles. The number of thiazole rings is 1. The van der Waals surface area contributed by atoms with E-state index >= 15 is 0 Å². The Morgan fingerprint density at radius 1 is 1.36 bits per heavy atom. The quantitative estimate of drug-likeness (QED) is 0.692. The molecule has 1 aliphatic rings. The summed E-state index contributed by atoms with van der Waals surface area (Å²) in [5.74, 6) is -0.332. The Labute approximate surface area is 144 Å². The molecule has 22 heavy (non-hydrogen) atoms. The SMILES string of the molecule is Cc1nc(NC(=O)C2(N)CCCCC2)sc1SCC(N)=O.Cl. The molecule has 124 valence electrons. The second-order valence-corrected chi connectivity index (χ2v) is 7.56. The van der Waals surface area contributed by atoms with Gasteiger partial charge in [-0.3, -0.25) is 9.59 Å². The van der Waals surface area contributed by atoms with Crippen molar-refractivity contribution in [3.8, 4) is 0 Å². The fraction of sp³-hybridized carbons (Fsp3) is 0.615. The minimum Gasteiger partial charge on any atom is -0.369 e. The molecular weight excluding hydrogens is 344 g/mol. The third-order valence-corrected chi connectivity index (χ3v) is 5.98. The number of primary amides is 1. The molecule has 9 heteroatoms. The maximum absolute atomic E-state index is 12.3. The Balaban J connectivity index is 0.00000242. The van der Waals surface area contributed by atoms with E-state index in [1.54, 1.807) is 0 Å². The Bertz CT molecular complexity index is 544. The van der Waals surface area contributed by atoms with Crippen LogP contribution in [-0.2, 0) is 9.59 Å². The van der Waals surface area contributed by atoms with Crippen LogP contribution in [0.1, 0.15) is 37.8 Å². The summed E-state index contributed by atoms with van der Waals surface area (Å²) in [6.45, 7) is 1.84. The highest BCUT2D eigenvalue weighted by atomic mass is 35.5. The maximum atomic E-state index is 12.3. The standard InChI is InChI=1S/C13H20N4O2S2.ClH/c1-8-10(20-7-9(14)18)21-12(16-8)17-11(19)13(15)5-3-2-4-6-13;/h2-7,15H2,1H3,(H2,14,18)(H,16,17,19);1H. The van der Waals surface area contributed by atoms with Crippen LogP contribution in [0.25, 0.3) is 0 Å². The monoisotopic (exact) mass is 364 g/mol. The van der Waals surface area contributed by atoms with Crippen LogP contribution in [0.4, 0.5) is 5.13 Å². The van der Waals surface area contributed by atoms with Crippen LogP contribution >= 0.6 is 35.5 Å². The lowest BCUT2D eigenvalue weighted by atomic mass is 9.82. The zero-order chi connectivity index (χ0) is 15.5. The smallest absolute Gasteiger partial charge is 0.246 e. The highest BCUT2D eigenvalue weighted by Gasteiger charge is 2.35. The van der Waals surface area contributed by atoms with E-state index in [9.17, 15) is 9.59 Å². The van der Waals surface area contributed by atoms with Crippen molar-refractivity contribution in [2.75, 3.05) is 11.1 Å². The predicted octanol–water partition coefficient (Wildman–Crippen LogP) is 2.05. The highest BCUT2D eigenvalue weighted by molar-refractivity contribution is 8.01. The van der Waals surface area contributed by atoms with Crippen molar-refractivity contribution >= 4 is 52.5 Å². The summed E-state index contributed by atoms with van der Waals surface area (Å²) in [4.78, 5) is 27.5. The van der Waals surface area contributed by atoms with Gasteiger partial charge in [0.25, 0.3) is 0 Å². The normalized spacial score (nSPS) is 16.6. The average Bonchev–Trinajstić information content (AvgIpc) is 2.77. The first-order valence-electron chi connectivity index (χ1n) is 6.89. The molecule has 2 rings (SSSR count). The third kappa shape index (κ3) is 4.84. The second kappa shape index (κ2) is 8.14. The summed E-state index contributed by atoms with van der Waals surface area (Å²) in [6, 6.07) is 0. The van der Waals surface area contributed by atoms with Crippen molar-refractivity contribution in [1.29, 1.82) is 0 Å². The van der Waals surface area contributed by atoms with Crippen molar-refractivity contribution in [2.45, 2.75) is 48.8 Å². The van der Waals surface area contributed by atoms with Gasteiger partial charge in [-0.1, -0.05) is 30.6 Å². The summed E-state index contributed by atoms with van der Waals surface area (Å²) in [5.41, 5.74) is 11.3. The van der Waals surface area contributed by atoms with Gasteiger partial charge < -0.3 is 16.8 Å². The van der Waals surface area contributed by atoms with Gasteiger partial charge in [0.2, 0.25) is 11.8 Å². The molecular formula is C13H21ClN4O2S2. The fourth-order valence-electron chi connectivity index (χ4n) is 2.34. The second-order valence-electron chi connectivity index (χ2n) is 5.32. The zero-order valence-corrected chi connectivity index (χ0v) is 14.8. The first kappa shape index (κ1) is 19.2. The van der Waals surface area contributed by atoms with E-state index in [4.69, 9.17) is 11.5 Å². The largest absolute Gasteiger partial charge is 0.369 e. The van der Waals surface area contributed by atoms with Crippen LogP contribution in [0.5, 0.6) is 0 Å². The average molecular weight is 365 g/mol. The summed E-state index contributed by atoms with van der Waals surface area (Å²) in [5, 5.41) is 3.34. The lowest BCUT2D eigenvalue weighted by molar-refractivity contribution is -0.122. The molecule has 6 nitrogen and oxygen atoms in total. The van der Waals surface area contributed by atoms with Gasteiger partial charge in [-0.2, -0.15) is 0 Å². The van der Waals surface area contributed by atoms with Crippen molar-refractivity contribution < 1.29 is 9.59 Å². The number of aryl methyl sites for hydroxylation is 1. The van der Waals surface area contributed by atoms with E-state index in [1.165, 1.54) is 23.1 Å². The molecule has 0 bridgehead atoms. The van der Waals surface area contributed by atoms with Crippen molar-refractivity contribution in [2.24, 2.45) is 11.5 Å². The van der Waals surface area contributed by atoms with Gasteiger partial charge in [0.1, 0.15) is 0 Å². The lowest BCUT2D eigenvalue weighted by Crippen LogP contribution is -2.52. The third-order valence-electron chi connectivity index (χ3n) is 3.52. The molecule has 0 atom stereocenters. The van der Waals surface area contributed by atoms with E-state index in [0.717, 1.165) is 29.2 Å². The van der Waals surface area contributed by atoms with Crippen LogP contribution in [0, 0.1) is 6.92 Å². The zero-order valence-electron chi connectivity index (χ0n) is 12.4. The maximum Gasteiger partial charge on any atom is 0.246 e. The van der Waals surface area contributed by atoms with Gasteiger partial charge >= 0.3 is 0 Å². The van der Waals surface area contributed by atoms with Crippen LogP contribution in [0.2, 0.25) is 0 Å². The van der Waals surface area contributed by atoms with Gasteiger partial charge in [-0.25, -0.2) is 4.98 Å². The Morgan fingerprint density at radius 2 is 2.00 bits per heavy atom. The van der Waals surface area contributed by atoms with Crippen molar-refractivity contribution in [1.82, 2.24) is 4.98 Å². The van der Waals surface area contributed by atoms with E-state index in [1.807, 2.05) is 6.92 Å². The number of anilines is 1. The van der Waals surface area contributed by atoms with Crippen molar-refractivity contribution in [3.05, 3.63) is 5.69 Å². The van der Waals surface area contributed by atoms with E-state index in [0.29, 0.717) is 18.0 Å². The summed E-state index contributed by atoms with van der Waals surface area (Å²) in [6.07, 6.45) is 4.54. The summed E-state index contributed by atoms with van der Waals surface area (Å²) in [7, 11) is 0.